The lowest BCUT2D eigenvalue weighted by atomic mass is 10.4. The molecule has 0 aromatic carbocycles. The fraction of sp³-hybridized carbons (Fsp3) is 1.00. The van der Waals surface area contributed by atoms with E-state index in [9.17, 15) is 0 Å². The molecule has 1 nitrogen and oxygen atoms in total. The van der Waals surface area contributed by atoms with Crippen molar-refractivity contribution < 1.29 is 0 Å². The van der Waals surface area contributed by atoms with Crippen molar-refractivity contribution in [3.8, 4) is 0 Å². The van der Waals surface area contributed by atoms with Gasteiger partial charge in [-0.25, -0.2) is 0 Å². The lowest BCUT2D eigenvalue weighted by molar-refractivity contribution is 0.291. The van der Waals surface area contributed by atoms with Gasteiger partial charge in [-0.05, 0) is 27.9 Å². The maximum atomic E-state index is 5.79. The van der Waals surface area contributed by atoms with E-state index in [0.717, 1.165) is 0 Å². The minimum atomic E-state index is -0.194. The second-order valence-corrected chi connectivity index (χ2v) is 3.23. The molecule has 0 unspecified atom stereocenters. The largest absolute Gasteiger partial charge is 0.292 e. The molecule has 0 saturated heterocycles. The molecule has 0 spiro atoms. The first-order valence-electron chi connectivity index (χ1n) is 2.31. The summed E-state index contributed by atoms with van der Waals surface area (Å²) < 4.78 is 0. The summed E-state index contributed by atoms with van der Waals surface area (Å²) in [5, 5.41) is 0. The third-order valence-electron chi connectivity index (χ3n) is 1.06. The minimum Gasteiger partial charge on any atom is -0.292 e. The fourth-order valence-electron chi connectivity index (χ4n) is 0. The Morgan fingerprint density at radius 2 is 1.38 bits per heavy atom. The summed E-state index contributed by atoms with van der Waals surface area (Å²) in [6.07, 6.45) is 0. The van der Waals surface area contributed by atoms with E-state index in [1.54, 1.807) is 0 Å². The van der Waals surface area contributed by atoms with E-state index in [-0.39, 0.29) is 17.4 Å². The Morgan fingerprint density at radius 3 is 1.38 bits per heavy atom. The molecule has 0 N–H and O–H groups in total. The summed E-state index contributed by atoms with van der Waals surface area (Å²) in [6.45, 7) is 3.91. The van der Waals surface area contributed by atoms with Crippen LogP contribution in [0.5, 0.6) is 0 Å². The van der Waals surface area contributed by atoms with Crippen molar-refractivity contribution in [1.82, 2.24) is 4.90 Å². The molecule has 0 amide bonds. The first-order valence-corrected chi connectivity index (χ1v) is 2.68. The van der Waals surface area contributed by atoms with Crippen molar-refractivity contribution in [2.45, 2.75) is 18.8 Å². The molecule has 0 aromatic heterocycles. The van der Waals surface area contributed by atoms with Gasteiger partial charge in [-0.2, -0.15) is 0 Å². The van der Waals surface area contributed by atoms with Gasteiger partial charge in [0.05, 0.1) is 5.00 Å². The third-order valence-corrected chi connectivity index (χ3v) is 1.40. The highest BCUT2D eigenvalue weighted by atomic mass is 35.5. The first-order chi connectivity index (χ1) is 2.94. The lowest BCUT2D eigenvalue weighted by Crippen LogP contribution is -2.31. The molecule has 3 heteroatoms. The van der Waals surface area contributed by atoms with E-state index in [0.29, 0.717) is 0 Å². The van der Waals surface area contributed by atoms with Gasteiger partial charge in [0.15, 0.2) is 0 Å². The monoisotopic (exact) mass is 157 g/mol. The second kappa shape index (κ2) is 3.54. The van der Waals surface area contributed by atoms with Crippen LogP contribution < -0.4 is 0 Å². The van der Waals surface area contributed by atoms with Gasteiger partial charge in [-0.15, -0.1) is 24.0 Å². The molecule has 0 saturated carbocycles. The summed E-state index contributed by atoms with van der Waals surface area (Å²) in [5.41, 5.74) is 0. The predicted octanol–water partition coefficient (Wildman–Crippen LogP) is 1.94. The third kappa shape index (κ3) is 4.69. The number of halogens is 2. The van der Waals surface area contributed by atoms with E-state index in [4.69, 9.17) is 11.6 Å². The van der Waals surface area contributed by atoms with E-state index in [2.05, 4.69) is 0 Å². The number of alkyl halides is 1. The van der Waals surface area contributed by atoms with Crippen LogP contribution in [0.3, 0.4) is 0 Å². The van der Waals surface area contributed by atoms with Crippen LogP contribution in [-0.4, -0.2) is 24.0 Å². The fourth-order valence-corrected chi connectivity index (χ4v) is 0. The van der Waals surface area contributed by atoms with Crippen molar-refractivity contribution in [3.05, 3.63) is 0 Å². The highest BCUT2D eigenvalue weighted by Gasteiger charge is 2.13. The van der Waals surface area contributed by atoms with Gasteiger partial charge in [-0.3, -0.25) is 4.90 Å². The van der Waals surface area contributed by atoms with Crippen molar-refractivity contribution >= 4 is 24.0 Å². The van der Waals surface area contributed by atoms with Gasteiger partial charge in [0.1, 0.15) is 0 Å². The Bertz CT molecular complexity index is 55.9. The molecule has 52 valence electrons. The molecule has 0 aromatic rings. The van der Waals surface area contributed by atoms with Gasteiger partial charge in [0.25, 0.3) is 0 Å². The van der Waals surface area contributed by atoms with Crippen LogP contribution in [0.15, 0.2) is 0 Å². The molecule has 0 fully saturated rings. The topological polar surface area (TPSA) is 3.24 Å². The number of hydrogen-bond acceptors (Lipinski definition) is 1. The Balaban J connectivity index is 0. The molecule has 0 aliphatic heterocycles. The van der Waals surface area contributed by atoms with Crippen molar-refractivity contribution in [3.63, 3.8) is 0 Å². The van der Waals surface area contributed by atoms with Gasteiger partial charge in [0, 0.05) is 0 Å². The van der Waals surface area contributed by atoms with Gasteiger partial charge >= 0.3 is 0 Å². The Hall–Kier alpha value is 0.540. The molecular formula is C5H13Cl2N. The smallest absolute Gasteiger partial charge is 0.0898 e. The average Bonchev–Trinajstić information content (AvgIpc) is 1.31. The summed E-state index contributed by atoms with van der Waals surface area (Å²) in [6, 6.07) is 0. The quantitative estimate of drug-likeness (QED) is 0.416. The predicted molar refractivity (Wildman–Crippen MR) is 40.9 cm³/mol. The van der Waals surface area contributed by atoms with Crippen LogP contribution in [0, 0.1) is 0 Å². The summed E-state index contributed by atoms with van der Waals surface area (Å²) >= 11 is 5.79. The maximum Gasteiger partial charge on any atom is 0.0898 e. The van der Waals surface area contributed by atoms with E-state index in [1.165, 1.54) is 0 Å². The highest BCUT2D eigenvalue weighted by molar-refractivity contribution is 6.23. The van der Waals surface area contributed by atoms with Gasteiger partial charge in [-0.1, -0.05) is 0 Å². The molecule has 0 aliphatic rings. The van der Waals surface area contributed by atoms with Crippen LogP contribution >= 0.6 is 24.0 Å². The molecule has 0 aliphatic carbocycles. The van der Waals surface area contributed by atoms with E-state index >= 15 is 0 Å². The van der Waals surface area contributed by atoms with Crippen LogP contribution in [0.1, 0.15) is 13.8 Å². The van der Waals surface area contributed by atoms with Crippen LogP contribution in [-0.2, 0) is 0 Å². The second-order valence-electron chi connectivity index (χ2n) is 2.30. The number of nitrogens with zero attached hydrogens (tertiary/aromatic N) is 1. The van der Waals surface area contributed by atoms with Gasteiger partial charge < -0.3 is 0 Å². The molecular weight excluding hydrogens is 145 g/mol. The standard InChI is InChI=1S/C5H12ClN.ClH/c1-5(2,6)7(3)4;/h1-4H3;1H. The van der Waals surface area contributed by atoms with Crippen molar-refractivity contribution in [2.24, 2.45) is 0 Å². The SMILES string of the molecule is CN(C)C(C)(C)Cl.Cl. The molecule has 8 heavy (non-hydrogen) atoms. The lowest BCUT2D eigenvalue weighted by Gasteiger charge is -2.24. The average molecular weight is 158 g/mol. The molecule has 0 rings (SSSR count). The summed E-state index contributed by atoms with van der Waals surface area (Å²) in [7, 11) is 3.90. The zero-order valence-electron chi connectivity index (χ0n) is 5.73. The molecule has 0 radical (unpaired) electrons. The maximum absolute atomic E-state index is 5.79. The highest BCUT2D eigenvalue weighted by Crippen LogP contribution is 2.13. The minimum absolute atomic E-state index is 0. The first kappa shape index (κ1) is 11.4. The van der Waals surface area contributed by atoms with Gasteiger partial charge in [0.2, 0.25) is 0 Å². The summed E-state index contributed by atoms with van der Waals surface area (Å²) in [5.74, 6) is 0. The molecule has 0 bridgehead atoms. The van der Waals surface area contributed by atoms with E-state index < -0.39 is 0 Å². The Morgan fingerprint density at radius 1 is 1.25 bits per heavy atom. The van der Waals surface area contributed by atoms with Crippen LogP contribution in [0.2, 0.25) is 0 Å². The van der Waals surface area contributed by atoms with Crippen LogP contribution in [0.25, 0.3) is 0 Å². The zero-order valence-corrected chi connectivity index (χ0v) is 7.31. The number of rotatable bonds is 1. The molecule has 0 atom stereocenters. The van der Waals surface area contributed by atoms with E-state index in [1.807, 2.05) is 32.8 Å². The van der Waals surface area contributed by atoms with Crippen molar-refractivity contribution in [1.29, 1.82) is 0 Å². The summed E-state index contributed by atoms with van der Waals surface area (Å²) in [4.78, 5) is 1.76. The van der Waals surface area contributed by atoms with Crippen molar-refractivity contribution in [2.75, 3.05) is 14.1 Å². The van der Waals surface area contributed by atoms with Crippen LogP contribution in [0.4, 0.5) is 0 Å². The Labute approximate surface area is 62.4 Å². The zero-order chi connectivity index (χ0) is 6.08. The normalized spacial score (nSPS) is 11.2. The molecule has 0 heterocycles. The Kier molecular flexibility index (Phi) is 5.03. The number of hydrogen-bond donors (Lipinski definition) is 0.